The Bertz CT molecular complexity index is 897. The summed E-state index contributed by atoms with van der Waals surface area (Å²) in [5.41, 5.74) is 0.524. The standard InChI is InChI=1S/C20H25Cl2N5O2/c1-2-6-18(28)24-19-14(11-13(21)12-15(19)22)20(29)23-9-8-17-26-25-16-7-4-3-5-10-27(16)17/h11-12H,2-10H2,1H3,(H,23,29)(H,24,28). The van der Waals surface area contributed by atoms with Crippen molar-refractivity contribution in [3.8, 4) is 0 Å². The minimum atomic E-state index is -0.350. The van der Waals surface area contributed by atoms with Crippen LogP contribution < -0.4 is 10.6 Å². The van der Waals surface area contributed by atoms with Crippen molar-refractivity contribution in [2.45, 2.75) is 58.4 Å². The van der Waals surface area contributed by atoms with E-state index in [0.29, 0.717) is 30.8 Å². The largest absolute Gasteiger partial charge is 0.352 e. The maximum Gasteiger partial charge on any atom is 0.253 e. The van der Waals surface area contributed by atoms with Gasteiger partial charge in [-0.05, 0) is 31.4 Å². The van der Waals surface area contributed by atoms with Gasteiger partial charge in [0.25, 0.3) is 5.91 Å². The smallest absolute Gasteiger partial charge is 0.253 e. The van der Waals surface area contributed by atoms with Crippen molar-refractivity contribution in [3.05, 3.63) is 39.4 Å². The number of aryl methyl sites for hydroxylation is 1. The Balaban J connectivity index is 1.68. The second-order valence-electron chi connectivity index (χ2n) is 7.11. The zero-order valence-electron chi connectivity index (χ0n) is 16.4. The first-order valence-corrected chi connectivity index (χ1v) is 10.7. The first kappa shape index (κ1) is 21.6. The first-order chi connectivity index (χ1) is 14.0. The molecule has 0 aliphatic carbocycles. The van der Waals surface area contributed by atoms with Gasteiger partial charge in [-0.2, -0.15) is 0 Å². The molecule has 0 radical (unpaired) electrons. The fraction of sp³-hybridized carbons (Fsp3) is 0.500. The minimum absolute atomic E-state index is 0.197. The molecular weight excluding hydrogens is 413 g/mol. The van der Waals surface area contributed by atoms with Crippen molar-refractivity contribution in [2.24, 2.45) is 0 Å². The number of anilines is 1. The monoisotopic (exact) mass is 437 g/mol. The summed E-state index contributed by atoms with van der Waals surface area (Å²) in [6, 6.07) is 3.01. The summed E-state index contributed by atoms with van der Waals surface area (Å²) in [7, 11) is 0. The number of amides is 2. The van der Waals surface area contributed by atoms with Crippen molar-refractivity contribution < 1.29 is 9.59 Å². The van der Waals surface area contributed by atoms with Crippen LogP contribution in [-0.2, 0) is 24.2 Å². The summed E-state index contributed by atoms with van der Waals surface area (Å²) in [5.74, 6) is 1.35. The van der Waals surface area contributed by atoms with Crippen molar-refractivity contribution in [3.63, 3.8) is 0 Å². The van der Waals surface area contributed by atoms with Gasteiger partial charge in [0, 0.05) is 37.4 Å². The molecule has 0 atom stereocenters. The Labute approximate surface area is 180 Å². The Kier molecular flexibility index (Phi) is 7.50. The van der Waals surface area contributed by atoms with Crippen LogP contribution in [0.2, 0.25) is 10.0 Å². The highest BCUT2D eigenvalue weighted by Gasteiger charge is 2.19. The van der Waals surface area contributed by atoms with Crippen LogP contribution in [-0.4, -0.2) is 33.1 Å². The zero-order valence-corrected chi connectivity index (χ0v) is 17.9. The van der Waals surface area contributed by atoms with E-state index in [2.05, 4.69) is 25.4 Å². The van der Waals surface area contributed by atoms with E-state index in [4.69, 9.17) is 23.2 Å². The van der Waals surface area contributed by atoms with Gasteiger partial charge in [0.15, 0.2) is 0 Å². The lowest BCUT2D eigenvalue weighted by Gasteiger charge is -2.14. The van der Waals surface area contributed by atoms with Crippen molar-refractivity contribution >= 4 is 40.7 Å². The van der Waals surface area contributed by atoms with Crippen molar-refractivity contribution in [2.75, 3.05) is 11.9 Å². The maximum atomic E-state index is 12.8. The number of aromatic nitrogens is 3. The quantitative estimate of drug-likeness (QED) is 0.684. The number of benzene rings is 1. The number of nitrogens with one attached hydrogen (secondary N) is 2. The number of hydrogen-bond acceptors (Lipinski definition) is 4. The lowest BCUT2D eigenvalue weighted by Crippen LogP contribution is -2.28. The molecule has 1 aromatic carbocycles. The van der Waals surface area contributed by atoms with E-state index in [-0.39, 0.29) is 28.1 Å². The van der Waals surface area contributed by atoms with E-state index in [1.807, 2.05) is 6.92 Å². The van der Waals surface area contributed by atoms with E-state index < -0.39 is 0 Å². The molecule has 3 rings (SSSR count). The van der Waals surface area contributed by atoms with E-state index in [1.165, 1.54) is 18.6 Å². The van der Waals surface area contributed by atoms with Crippen molar-refractivity contribution in [1.82, 2.24) is 20.1 Å². The molecule has 0 saturated heterocycles. The van der Waals surface area contributed by atoms with Crippen LogP contribution >= 0.6 is 23.2 Å². The Hall–Kier alpha value is -2.12. The highest BCUT2D eigenvalue weighted by Crippen LogP contribution is 2.30. The SMILES string of the molecule is CCCC(=O)Nc1c(Cl)cc(Cl)cc1C(=O)NCCc1nnc2n1CCCCC2. The predicted octanol–water partition coefficient (Wildman–Crippen LogP) is 4.02. The lowest BCUT2D eigenvalue weighted by molar-refractivity contribution is -0.116. The van der Waals surface area contributed by atoms with E-state index in [0.717, 1.165) is 37.5 Å². The topological polar surface area (TPSA) is 88.9 Å². The maximum absolute atomic E-state index is 12.8. The molecule has 9 heteroatoms. The predicted molar refractivity (Wildman–Crippen MR) is 114 cm³/mol. The molecule has 156 valence electrons. The van der Waals surface area contributed by atoms with Crippen LogP contribution in [0.15, 0.2) is 12.1 Å². The zero-order chi connectivity index (χ0) is 20.8. The van der Waals surface area contributed by atoms with Gasteiger partial charge in [-0.25, -0.2) is 0 Å². The van der Waals surface area contributed by atoms with Gasteiger partial charge in [-0.3, -0.25) is 9.59 Å². The molecule has 2 aromatic rings. The highest BCUT2D eigenvalue weighted by atomic mass is 35.5. The van der Waals surface area contributed by atoms with E-state index in [9.17, 15) is 9.59 Å². The fourth-order valence-corrected chi connectivity index (χ4v) is 3.96. The number of halogens is 2. The van der Waals surface area contributed by atoms with Gasteiger partial charge < -0.3 is 15.2 Å². The Morgan fingerprint density at radius 1 is 1.17 bits per heavy atom. The number of hydrogen-bond donors (Lipinski definition) is 2. The molecule has 2 amide bonds. The molecule has 1 aliphatic heterocycles. The molecular formula is C20H25Cl2N5O2. The third-order valence-electron chi connectivity index (χ3n) is 4.86. The Morgan fingerprint density at radius 2 is 2.00 bits per heavy atom. The normalized spacial score (nSPS) is 13.5. The van der Waals surface area contributed by atoms with E-state index >= 15 is 0 Å². The van der Waals surface area contributed by atoms with Gasteiger partial charge in [-0.15, -0.1) is 10.2 Å². The Morgan fingerprint density at radius 3 is 2.79 bits per heavy atom. The number of carbonyl (C=O) groups is 2. The highest BCUT2D eigenvalue weighted by molar-refractivity contribution is 6.38. The number of carbonyl (C=O) groups excluding carboxylic acids is 2. The summed E-state index contributed by atoms with van der Waals surface area (Å²) in [4.78, 5) is 24.8. The molecule has 1 aromatic heterocycles. The average molecular weight is 438 g/mol. The average Bonchev–Trinajstić information content (AvgIpc) is 2.90. The molecule has 2 N–H and O–H groups in total. The van der Waals surface area contributed by atoms with Crippen molar-refractivity contribution in [1.29, 1.82) is 0 Å². The van der Waals surface area contributed by atoms with Crippen LogP contribution in [0.1, 0.15) is 61.0 Å². The molecule has 1 aliphatic rings. The molecule has 29 heavy (non-hydrogen) atoms. The van der Waals surface area contributed by atoms with Gasteiger partial charge in [-0.1, -0.05) is 36.5 Å². The van der Waals surface area contributed by atoms with E-state index in [1.54, 1.807) is 0 Å². The first-order valence-electron chi connectivity index (χ1n) is 9.97. The third kappa shape index (κ3) is 5.48. The summed E-state index contributed by atoms with van der Waals surface area (Å²) < 4.78 is 2.16. The second-order valence-corrected chi connectivity index (χ2v) is 7.95. The summed E-state index contributed by atoms with van der Waals surface area (Å²) in [6.45, 7) is 3.22. The third-order valence-corrected chi connectivity index (χ3v) is 5.38. The van der Waals surface area contributed by atoms with Gasteiger partial charge in [0.05, 0.1) is 16.3 Å². The lowest BCUT2D eigenvalue weighted by atomic mass is 10.1. The molecule has 0 bridgehead atoms. The molecule has 0 fully saturated rings. The van der Waals surface area contributed by atoms with Crippen LogP contribution in [0.3, 0.4) is 0 Å². The molecule has 2 heterocycles. The van der Waals surface area contributed by atoms with Gasteiger partial charge >= 0.3 is 0 Å². The minimum Gasteiger partial charge on any atom is -0.352 e. The fourth-order valence-electron chi connectivity index (χ4n) is 3.42. The second kappa shape index (κ2) is 10.1. The molecule has 7 nitrogen and oxygen atoms in total. The summed E-state index contributed by atoms with van der Waals surface area (Å²) in [5, 5.41) is 14.7. The van der Waals surface area contributed by atoms with Crippen LogP contribution in [0, 0.1) is 0 Å². The molecule has 0 saturated carbocycles. The number of fused-ring (bicyclic) bond motifs is 1. The summed E-state index contributed by atoms with van der Waals surface area (Å²) >= 11 is 12.3. The number of nitrogens with zero attached hydrogens (tertiary/aromatic N) is 3. The van der Waals surface area contributed by atoms with Crippen LogP contribution in [0.25, 0.3) is 0 Å². The molecule has 0 unspecified atom stereocenters. The van der Waals surface area contributed by atoms with Gasteiger partial charge in [0.2, 0.25) is 5.91 Å². The molecule has 0 spiro atoms. The van der Waals surface area contributed by atoms with Crippen LogP contribution in [0.4, 0.5) is 5.69 Å². The summed E-state index contributed by atoms with van der Waals surface area (Å²) in [6.07, 6.45) is 6.01. The van der Waals surface area contributed by atoms with Gasteiger partial charge in [0.1, 0.15) is 11.6 Å². The van der Waals surface area contributed by atoms with Crippen LogP contribution in [0.5, 0.6) is 0 Å². The number of rotatable bonds is 7.